The molecule has 0 radical (unpaired) electrons. The first kappa shape index (κ1) is 14.4. The van der Waals surface area contributed by atoms with Crippen LogP contribution in [0.4, 0.5) is 0 Å². The van der Waals surface area contributed by atoms with Crippen LogP contribution in [-0.2, 0) is 11.3 Å². The van der Waals surface area contributed by atoms with Gasteiger partial charge >= 0.3 is 0 Å². The predicted molar refractivity (Wildman–Crippen MR) is 75.2 cm³/mol. The number of ether oxygens (including phenoxy) is 3. The van der Waals surface area contributed by atoms with Gasteiger partial charge in [0, 0.05) is 19.2 Å². The first-order valence-corrected chi connectivity index (χ1v) is 6.84. The maximum atomic E-state index is 6.18. The van der Waals surface area contributed by atoms with Crippen molar-refractivity contribution in [1.29, 1.82) is 0 Å². The standard InChI is InChI=1S/C14H20ClNO3/c1-17-13-7-10(6-12(15)14(13)18-2)8-16-11-4-3-5-19-9-11/h6-7,11,16H,3-5,8-9H2,1-2H3/t11-/m1/s1. The molecule has 1 fully saturated rings. The molecule has 5 heteroatoms. The third-order valence-corrected chi connectivity index (χ3v) is 3.53. The first-order chi connectivity index (χ1) is 9.24. The Hall–Kier alpha value is -0.970. The molecule has 2 rings (SSSR count). The Bertz CT molecular complexity index is 419. The van der Waals surface area contributed by atoms with Crippen LogP contribution in [0.1, 0.15) is 18.4 Å². The normalized spacial score (nSPS) is 19.2. The van der Waals surface area contributed by atoms with Crippen molar-refractivity contribution in [3.05, 3.63) is 22.7 Å². The Kier molecular flexibility index (Phi) is 5.31. The second kappa shape index (κ2) is 6.98. The van der Waals surface area contributed by atoms with Crippen LogP contribution < -0.4 is 14.8 Å². The molecule has 1 aromatic carbocycles. The largest absolute Gasteiger partial charge is 0.493 e. The molecule has 1 atom stereocenters. The second-order valence-corrected chi connectivity index (χ2v) is 5.02. The second-order valence-electron chi connectivity index (χ2n) is 4.61. The molecule has 1 aromatic rings. The van der Waals surface area contributed by atoms with Crippen molar-refractivity contribution in [2.45, 2.75) is 25.4 Å². The lowest BCUT2D eigenvalue weighted by molar-refractivity contribution is 0.0699. The number of benzene rings is 1. The molecule has 19 heavy (non-hydrogen) atoms. The fourth-order valence-electron chi connectivity index (χ4n) is 2.24. The van der Waals surface area contributed by atoms with Crippen molar-refractivity contribution < 1.29 is 14.2 Å². The molecule has 1 N–H and O–H groups in total. The van der Waals surface area contributed by atoms with Crippen LogP contribution in [-0.4, -0.2) is 33.5 Å². The molecule has 0 spiro atoms. The third-order valence-electron chi connectivity index (χ3n) is 3.25. The van der Waals surface area contributed by atoms with Crippen LogP contribution in [0.15, 0.2) is 12.1 Å². The monoisotopic (exact) mass is 285 g/mol. The van der Waals surface area contributed by atoms with Crippen LogP contribution >= 0.6 is 11.6 Å². The zero-order valence-electron chi connectivity index (χ0n) is 11.4. The molecule has 0 unspecified atom stereocenters. The van der Waals surface area contributed by atoms with Gasteiger partial charge in [0.2, 0.25) is 0 Å². The van der Waals surface area contributed by atoms with Crippen molar-refractivity contribution in [3.63, 3.8) is 0 Å². The van der Waals surface area contributed by atoms with E-state index < -0.39 is 0 Å². The van der Waals surface area contributed by atoms with Crippen LogP contribution in [0.2, 0.25) is 5.02 Å². The average Bonchev–Trinajstić information content (AvgIpc) is 2.45. The quantitative estimate of drug-likeness (QED) is 0.903. The Labute approximate surface area is 119 Å². The molecule has 0 amide bonds. The SMILES string of the molecule is COc1cc(CN[C@@H]2CCCOC2)cc(Cl)c1OC. The smallest absolute Gasteiger partial charge is 0.179 e. The van der Waals surface area contributed by atoms with Crippen LogP contribution in [0, 0.1) is 0 Å². The number of rotatable bonds is 5. The van der Waals surface area contributed by atoms with Crippen LogP contribution in [0.3, 0.4) is 0 Å². The number of nitrogens with one attached hydrogen (secondary N) is 1. The zero-order valence-corrected chi connectivity index (χ0v) is 12.1. The highest BCUT2D eigenvalue weighted by atomic mass is 35.5. The van der Waals surface area contributed by atoms with E-state index in [1.54, 1.807) is 14.2 Å². The van der Waals surface area contributed by atoms with E-state index in [9.17, 15) is 0 Å². The number of methoxy groups -OCH3 is 2. The van der Waals surface area contributed by atoms with Gasteiger partial charge in [-0.3, -0.25) is 0 Å². The van der Waals surface area contributed by atoms with Gasteiger partial charge in [0.05, 0.1) is 25.8 Å². The van der Waals surface area contributed by atoms with Gasteiger partial charge in [-0.25, -0.2) is 0 Å². The van der Waals surface area contributed by atoms with Gasteiger partial charge < -0.3 is 19.5 Å². The third kappa shape index (κ3) is 3.75. The van der Waals surface area contributed by atoms with Gasteiger partial charge in [0.25, 0.3) is 0 Å². The number of halogens is 1. The summed E-state index contributed by atoms with van der Waals surface area (Å²) in [5, 5.41) is 4.04. The number of hydrogen-bond acceptors (Lipinski definition) is 4. The molecule has 0 aliphatic carbocycles. The van der Waals surface area contributed by atoms with Gasteiger partial charge in [-0.1, -0.05) is 11.6 Å². The van der Waals surface area contributed by atoms with E-state index in [4.69, 9.17) is 25.8 Å². The lowest BCUT2D eigenvalue weighted by Crippen LogP contribution is -2.36. The molecule has 0 bridgehead atoms. The van der Waals surface area contributed by atoms with Gasteiger partial charge in [0.15, 0.2) is 11.5 Å². The van der Waals surface area contributed by atoms with Crippen molar-refractivity contribution in [3.8, 4) is 11.5 Å². The molecule has 1 aliphatic rings. The minimum Gasteiger partial charge on any atom is -0.493 e. The Morgan fingerprint density at radius 1 is 1.37 bits per heavy atom. The minimum atomic E-state index is 0.417. The highest BCUT2D eigenvalue weighted by molar-refractivity contribution is 6.32. The van der Waals surface area contributed by atoms with E-state index in [-0.39, 0.29) is 0 Å². The lowest BCUT2D eigenvalue weighted by Gasteiger charge is -2.23. The van der Waals surface area contributed by atoms with E-state index >= 15 is 0 Å². The summed E-state index contributed by atoms with van der Waals surface area (Å²) in [6.45, 7) is 2.40. The van der Waals surface area contributed by atoms with Gasteiger partial charge in [-0.15, -0.1) is 0 Å². The molecule has 0 saturated carbocycles. The van der Waals surface area contributed by atoms with E-state index in [0.29, 0.717) is 22.6 Å². The lowest BCUT2D eigenvalue weighted by atomic mass is 10.1. The van der Waals surface area contributed by atoms with E-state index in [1.165, 1.54) is 0 Å². The highest BCUT2D eigenvalue weighted by Gasteiger charge is 2.15. The average molecular weight is 286 g/mol. The minimum absolute atomic E-state index is 0.417. The molecular weight excluding hydrogens is 266 g/mol. The summed E-state index contributed by atoms with van der Waals surface area (Å²) in [5.74, 6) is 1.24. The maximum absolute atomic E-state index is 6.18. The molecule has 106 valence electrons. The summed E-state index contributed by atoms with van der Waals surface area (Å²) >= 11 is 6.18. The summed E-state index contributed by atoms with van der Waals surface area (Å²) < 4.78 is 15.9. The van der Waals surface area contributed by atoms with Crippen molar-refractivity contribution in [2.24, 2.45) is 0 Å². The van der Waals surface area contributed by atoms with Crippen LogP contribution in [0.5, 0.6) is 11.5 Å². The van der Waals surface area contributed by atoms with E-state index in [2.05, 4.69) is 5.32 Å². The first-order valence-electron chi connectivity index (χ1n) is 6.46. The van der Waals surface area contributed by atoms with E-state index in [1.807, 2.05) is 12.1 Å². The Morgan fingerprint density at radius 3 is 2.84 bits per heavy atom. The predicted octanol–water partition coefficient (Wildman–Crippen LogP) is 2.63. The molecule has 1 heterocycles. The molecule has 4 nitrogen and oxygen atoms in total. The summed E-state index contributed by atoms with van der Waals surface area (Å²) in [7, 11) is 3.20. The zero-order chi connectivity index (χ0) is 13.7. The van der Waals surface area contributed by atoms with Gasteiger partial charge in [0.1, 0.15) is 0 Å². The fraction of sp³-hybridized carbons (Fsp3) is 0.571. The Balaban J connectivity index is 2.01. The molecule has 0 aromatic heterocycles. The van der Waals surface area contributed by atoms with Gasteiger partial charge in [-0.05, 0) is 30.5 Å². The topological polar surface area (TPSA) is 39.7 Å². The van der Waals surface area contributed by atoms with Gasteiger partial charge in [-0.2, -0.15) is 0 Å². The van der Waals surface area contributed by atoms with Crippen molar-refractivity contribution in [1.82, 2.24) is 5.32 Å². The summed E-state index contributed by atoms with van der Waals surface area (Å²) in [6.07, 6.45) is 2.27. The Morgan fingerprint density at radius 2 is 2.21 bits per heavy atom. The van der Waals surface area contributed by atoms with Crippen LogP contribution in [0.25, 0.3) is 0 Å². The van der Waals surface area contributed by atoms with E-state index in [0.717, 1.165) is 38.2 Å². The van der Waals surface area contributed by atoms with Crippen molar-refractivity contribution in [2.75, 3.05) is 27.4 Å². The maximum Gasteiger partial charge on any atom is 0.179 e. The molecule has 1 saturated heterocycles. The summed E-state index contributed by atoms with van der Waals surface area (Å²) in [5.41, 5.74) is 1.08. The van der Waals surface area contributed by atoms with Crippen molar-refractivity contribution >= 4 is 11.6 Å². The molecule has 1 aliphatic heterocycles. The fourth-order valence-corrected chi connectivity index (χ4v) is 2.55. The molecular formula is C14H20ClNO3. The summed E-state index contributed by atoms with van der Waals surface area (Å²) in [6, 6.07) is 4.27. The highest BCUT2D eigenvalue weighted by Crippen LogP contribution is 2.35. The number of hydrogen-bond donors (Lipinski definition) is 1. The summed E-state index contributed by atoms with van der Waals surface area (Å²) in [4.78, 5) is 0.